The molecular formula is C27H34FN7O3. The third kappa shape index (κ3) is 5.73. The number of nitrogens with zero attached hydrogens (tertiary/aromatic N) is 5. The van der Waals surface area contributed by atoms with E-state index in [1.165, 1.54) is 6.33 Å². The molecule has 2 aliphatic heterocycles. The summed E-state index contributed by atoms with van der Waals surface area (Å²) >= 11 is 0. The molecule has 3 aliphatic rings. The first-order valence-corrected chi connectivity index (χ1v) is 13.6. The number of halogens is 1. The number of ether oxygens (including phenoxy) is 3. The summed E-state index contributed by atoms with van der Waals surface area (Å²) in [5, 5.41) is 6.52. The first-order chi connectivity index (χ1) is 18.7. The van der Waals surface area contributed by atoms with Gasteiger partial charge in [-0.15, -0.1) is 0 Å². The van der Waals surface area contributed by atoms with Crippen LogP contribution in [0.4, 0.5) is 21.7 Å². The molecular weight excluding hydrogens is 489 g/mol. The van der Waals surface area contributed by atoms with Crippen molar-refractivity contribution in [2.75, 3.05) is 55.1 Å². The second-order valence-electron chi connectivity index (χ2n) is 10.1. The number of morpholine rings is 1. The molecule has 11 heteroatoms. The van der Waals surface area contributed by atoms with Crippen molar-refractivity contribution in [1.82, 2.24) is 19.9 Å². The van der Waals surface area contributed by atoms with Crippen LogP contribution in [0, 0.1) is 5.82 Å². The van der Waals surface area contributed by atoms with Gasteiger partial charge in [-0.3, -0.25) is 4.98 Å². The minimum atomic E-state index is -0.428. The average molecular weight is 524 g/mol. The minimum Gasteiger partial charge on any atom is -0.488 e. The molecule has 1 aliphatic carbocycles. The highest BCUT2D eigenvalue weighted by molar-refractivity contribution is 5.85. The van der Waals surface area contributed by atoms with Crippen LogP contribution in [-0.4, -0.2) is 77.6 Å². The Morgan fingerprint density at radius 1 is 0.789 bits per heavy atom. The Hall–Kier alpha value is -3.31. The standard InChI is InChI=1S/C27H34FN7O3/c28-24-26(31-17-32-27(24)34-19-5-11-36-12-6-19)33-18-1-3-21(4-2-18)38-23-16-20(35-9-13-37-14-10-35)15-22-25(23)30-8-7-29-22/h7-8,15-19,21H,1-6,9-14H2,(H2,31,32,33,34). The second-order valence-corrected chi connectivity index (χ2v) is 10.1. The summed E-state index contributed by atoms with van der Waals surface area (Å²) in [7, 11) is 0. The molecule has 2 N–H and O–H groups in total. The molecule has 3 fully saturated rings. The van der Waals surface area contributed by atoms with Gasteiger partial charge in [-0.05, 0) is 44.6 Å². The lowest BCUT2D eigenvalue weighted by atomic mass is 9.93. The van der Waals surface area contributed by atoms with Crippen molar-refractivity contribution in [3.8, 4) is 5.75 Å². The summed E-state index contributed by atoms with van der Waals surface area (Å²) in [6, 6.07) is 4.43. The largest absolute Gasteiger partial charge is 0.488 e. The summed E-state index contributed by atoms with van der Waals surface area (Å²) in [4.78, 5) is 19.7. The van der Waals surface area contributed by atoms with Crippen LogP contribution in [0.15, 0.2) is 30.9 Å². The SMILES string of the molecule is Fc1c(NC2CCOCC2)ncnc1NC1CCC(Oc2cc(N3CCOCC3)cc3nccnc23)CC1. The van der Waals surface area contributed by atoms with Gasteiger partial charge in [0.15, 0.2) is 11.6 Å². The van der Waals surface area contributed by atoms with Crippen LogP contribution in [0.5, 0.6) is 5.75 Å². The Labute approximate surface area is 221 Å². The highest BCUT2D eigenvalue weighted by Crippen LogP contribution is 2.33. The number of aromatic nitrogens is 4. The van der Waals surface area contributed by atoms with Crippen molar-refractivity contribution in [2.24, 2.45) is 0 Å². The van der Waals surface area contributed by atoms with E-state index in [-0.39, 0.29) is 29.8 Å². The van der Waals surface area contributed by atoms with Gasteiger partial charge in [0.1, 0.15) is 17.6 Å². The van der Waals surface area contributed by atoms with Gasteiger partial charge in [0.25, 0.3) is 0 Å². The maximum Gasteiger partial charge on any atom is 0.207 e. The summed E-state index contributed by atoms with van der Waals surface area (Å²) in [6.45, 7) is 4.47. The minimum absolute atomic E-state index is 0.0548. The summed E-state index contributed by atoms with van der Waals surface area (Å²) in [5.74, 6) is 0.833. The molecule has 2 aromatic heterocycles. The van der Waals surface area contributed by atoms with Crippen LogP contribution in [-0.2, 0) is 9.47 Å². The van der Waals surface area contributed by atoms with E-state index in [2.05, 4.69) is 47.6 Å². The summed E-state index contributed by atoms with van der Waals surface area (Å²) < 4.78 is 32.6. The van der Waals surface area contributed by atoms with E-state index in [0.29, 0.717) is 26.4 Å². The van der Waals surface area contributed by atoms with Crippen LogP contribution < -0.4 is 20.3 Å². The Morgan fingerprint density at radius 3 is 2.18 bits per heavy atom. The van der Waals surface area contributed by atoms with E-state index in [1.807, 2.05) is 0 Å². The van der Waals surface area contributed by atoms with Gasteiger partial charge in [0.05, 0.1) is 24.8 Å². The lowest BCUT2D eigenvalue weighted by Gasteiger charge is -2.31. The number of hydrogen-bond acceptors (Lipinski definition) is 10. The number of nitrogens with one attached hydrogen (secondary N) is 2. The molecule has 1 saturated carbocycles. The molecule has 3 aromatic rings. The molecule has 6 rings (SSSR count). The number of rotatable bonds is 7. The summed E-state index contributed by atoms with van der Waals surface area (Å²) in [5.41, 5.74) is 2.68. The predicted octanol–water partition coefficient (Wildman–Crippen LogP) is 3.79. The zero-order valence-corrected chi connectivity index (χ0v) is 21.4. The van der Waals surface area contributed by atoms with E-state index in [0.717, 1.165) is 74.1 Å². The molecule has 0 radical (unpaired) electrons. The number of benzene rings is 1. The van der Waals surface area contributed by atoms with Gasteiger partial charge >= 0.3 is 0 Å². The molecule has 38 heavy (non-hydrogen) atoms. The monoisotopic (exact) mass is 523 g/mol. The van der Waals surface area contributed by atoms with E-state index < -0.39 is 5.82 Å². The molecule has 2 saturated heterocycles. The smallest absolute Gasteiger partial charge is 0.207 e. The van der Waals surface area contributed by atoms with E-state index in [4.69, 9.17) is 14.2 Å². The van der Waals surface area contributed by atoms with Gasteiger partial charge < -0.3 is 29.7 Å². The normalized spacial score (nSPS) is 22.8. The number of hydrogen-bond donors (Lipinski definition) is 2. The van der Waals surface area contributed by atoms with E-state index in [9.17, 15) is 0 Å². The van der Waals surface area contributed by atoms with Crippen molar-refractivity contribution < 1.29 is 18.6 Å². The molecule has 0 spiro atoms. The van der Waals surface area contributed by atoms with Gasteiger partial charge in [-0.1, -0.05) is 0 Å². The highest BCUT2D eigenvalue weighted by atomic mass is 19.1. The van der Waals surface area contributed by atoms with Crippen molar-refractivity contribution in [3.63, 3.8) is 0 Å². The molecule has 202 valence electrons. The highest BCUT2D eigenvalue weighted by Gasteiger charge is 2.26. The van der Waals surface area contributed by atoms with E-state index >= 15 is 4.39 Å². The fourth-order valence-corrected chi connectivity index (χ4v) is 5.43. The Kier molecular flexibility index (Phi) is 7.64. The zero-order valence-electron chi connectivity index (χ0n) is 21.4. The van der Waals surface area contributed by atoms with Gasteiger partial charge in [-0.2, -0.15) is 4.39 Å². The van der Waals surface area contributed by atoms with Crippen molar-refractivity contribution in [2.45, 2.75) is 56.7 Å². The first-order valence-electron chi connectivity index (χ1n) is 13.6. The number of anilines is 3. The van der Waals surface area contributed by atoms with Crippen LogP contribution in [0.1, 0.15) is 38.5 Å². The Morgan fingerprint density at radius 2 is 1.45 bits per heavy atom. The summed E-state index contributed by atoms with van der Waals surface area (Å²) in [6.07, 6.45) is 9.96. The van der Waals surface area contributed by atoms with Crippen LogP contribution in [0.25, 0.3) is 11.0 Å². The lowest BCUT2D eigenvalue weighted by Crippen LogP contribution is -2.36. The molecule has 0 amide bonds. The van der Waals surface area contributed by atoms with Gasteiger partial charge in [0, 0.05) is 62.5 Å². The fourth-order valence-electron chi connectivity index (χ4n) is 5.43. The van der Waals surface area contributed by atoms with Crippen molar-refractivity contribution in [3.05, 3.63) is 36.7 Å². The predicted molar refractivity (Wildman–Crippen MR) is 142 cm³/mol. The average Bonchev–Trinajstić information content (AvgIpc) is 2.97. The van der Waals surface area contributed by atoms with Crippen LogP contribution in [0.3, 0.4) is 0 Å². The van der Waals surface area contributed by atoms with Crippen molar-refractivity contribution >= 4 is 28.4 Å². The van der Waals surface area contributed by atoms with Gasteiger partial charge in [0.2, 0.25) is 5.82 Å². The van der Waals surface area contributed by atoms with Crippen molar-refractivity contribution in [1.29, 1.82) is 0 Å². The molecule has 0 bridgehead atoms. The third-order valence-corrected chi connectivity index (χ3v) is 7.56. The molecule has 4 heterocycles. The molecule has 0 unspecified atom stereocenters. The molecule has 10 nitrogen and oxygen atoms in total. The van der Waals surface area contributed by atoms with Crippen LogP contribution >= 0.6 is 0 Å². The Bertz CT molecular complexity index is 1230. The van der Waals surface area contributed by atoms with Crippen LogP contribution in [0.2, 0.25) is 0 Å². The first kappa shape index (κ1) is 25.0. The number of fused-ring (bicyclic) bond motifs is 1. The quantitative estimate of drug-likeness (QED) is 0.475. The zero-order chi connectivity index (χ0) is 25.7. The fraction of sp³-hybridized carbons (Fsp3) is 0.556. The maximum atomic E-state index is 15.2. The molecule has 0 atom stereocenters. The lowest BCUT2D eigenvalue weighted by molar-refractivity contribution is 0.0903. The topological polar surface area (TPSA) is 107 Å². The molecule has 1 aromatic carbocycles. The Balaban J connectivity index is 1.09. The second kappa shape index (κ2) is 11.6. The van der Waals surface area contributed by atoms with Gasteiger partial charge in [-0.25, -0.2) is 15.0 Å². The third-order valence-electron chi connectivity index (χ3n) is 7.56. The maximum absolute atomic E-state index is 15.2. The van der Waals surface area contributed by atoms with E-state index in [1.54, 1.807) is 12.4 Å².